The zero-order valence-electron chi connectivity index (χ0n) is 34.4. The third-order valence-electron chi connectivity index (χ3n) is 10.4. The molecular weight excluding hydrogens is 779 g/mol. The molecule has 0 fully saturated rings. The van der Waals surface area contributed by atoms with E-state index < -0.39 is 11.6 Å². The molecule has 0 spiro atoms. The standard InChI is InChI=1S/C51H49N5O6/c52-56-54-35-43-21-10-11-22-45(43)48-51(30-12-20-38-14-4-1-5-15-38,55-49(62-48)42-24-26-44(27-25-42)59-33-13-32-57)50(58)53-31-29-39-23-28-46(60-36-40-16-6-2-7-17-40)47(34-39)61-37-41-18-8-3-9-19-41/h1-12,14-28,34,48,57H,13,29-33,35-37H2,(H,53,58)/b20-12+/t48-,51-/m1/s1. The molecule has 1 aliphatic heterocycles. The number of hydrogen-bond acceptors (Lipinski definition) is 8. The fourth-order valence-electron chi connectivity index (χ4n) is 7.16. The van der Waals surface area contributed by atoms with Gasteiger partial charge in [-0.15, -0.1) is 0 Å². The van der Waals surface area contributed by atoms with E-state index in [9.17, 15) is 15.4 Å². The summed E-state index contributed by atoms with van der Waals surface area (Å²) in [6.45, 7) is 1.53. The van der Waals surface area contributed by atoms with Crippen molar-refractivity contribution in [2.24, 2.45) is 10.1 Å². The first-order valence-electron chi connectivity index (χ1n) is 20.7. The molecule has 2 atom stereocenters. The van der Waals surface area contributed by atoms with Crippen LogP contribution in [0.4, 0.5) is 0 Å². The van der Waals surface area contributed by atoms with Crippen LogP contribution in [0.25, 0.3) is 16.5 Å². The third-order valence-corrected chi connectivity index (χ3v) is 10.4. The quantitative estimate of drug-likeness (QED) is 0.0320. The molecule has 1 aliphatic rings. The average molecular weight is 828 g/mol. The second kappa shape index (κ2) is 21.8. The van der Waals surface area contributed by atoms with Crippen LogP contribution in [0.2, 0.25) is 0 Å². The minimum atomic E-state index is -1.46. The molecule has 314 valence electrons. The number of benzene rings is 6. The number of aliphatic imine (C=N–C) groups is 1. The summed E-state index contributed by atoms with van der Waals surface area (Å²) in [4.78, 5) is 23.2. The lowest BCUT2D eigenvalue weighted by atomic mass is 9.82. The molecule has 0 saturated heterocycles. The van der Waals surface area contributed by atoms with Crippen LogP contribution in [0, 0.1) is 0 Å². The molecule has 0 radical (unpaired) electrons. The summed E-state index contributed by atoms with van der Waals surface area (Å²) in [5, 5.41) is 16.3. The maximum absolute atomic E-state index is 15.0. The van der Waals surface area contributed by atoms with E-state index in [-0.39, 0.29) is 25.5 Å². The average Bonchev–Trinajstić information content (AvgIpc) is 3.71. The summed E-state index contributed by atoms with van der Waals surface area (Å²) in [6.07, 6.45) is 4.27. The topological polar surface area (TPSA) is 147 Å². The predicted octanol–water partition coefficient (Wildman–Crippen LogP) is 10.1. The van der Waals surface area contributed by atoms with E-state index in [0.29, 0.717) is 73.5 Å². The fraction of sp³-hybridized carbons (Fsp3) is 0.216. The Hall–Kier alpha value is -7.33. The van der Waals surface area contributed by atoms with Gasteiger partial charge in [0.2, 0.25) is 5.90 Å². The second-order valence-electron chi connectivity index (χ2n) is 14.7. The number of rotatable bonds is 21. The van der Waals surface area contributed by atoms with Crippen molar-refractivity contribution in [3.8, 4) is 17.2 Å². The summed E-state index contributed by atoms with van der Waals surface area (Å²) < 4.78 is 25.1. The SMILES string of the molecule is [N-]=[N+]=NCc1ccccc1[C@H]1OC(c2ccc(OCCCO)cc2)=N[C@@]1(C/C=C/c1ccccc1)C(=O)NCCc1ccc(OCc2ccccc2)c(OCc2ccccc2)c1. The van der Waals surface area contributed by atoms with Crippen LogP contribution in [0.15, 0.2) is 174 Å². The lowest BCUT2D eigenvalue weighted by Gasteiger charge is -2.31. The summed E-state index contributed by atoms with van der Waals surface area (Å²) in [6, 6.07) is 50.5. The van der Waals surface area contributed by atoms with Crippen LogP contribution < -0.4 is 19.5 Å². The molecule has 11 heteroatoms. The lowest BCUT2D eigenvalue weighted by molar-refractivity contribution is -0.128. The van der Waals surface area contributed by atoms with Gasteiger partial charge in [0.1, 0.15) is 19.0 Å². The van der Waals surface area contributed by atoms with Gasteiger partial charge in [-0.25, -0.2) is 4.99 Å². The minimum Gasteiger partial charge on any atom is -0.494 e. The van der Waals surface area contributed by atoms with Gasteiger partial charge < -0.3 is 29.4 Å². The zero-order chi connectivity index (χ0) is 42.8. The van der Waals surface area contributed by atoms with Crippen molar-refractivity contribution in [1.82, 2.24) is 5.32 Å². The van der Waals surface area contributed by atoms with E-state index in [1.54, 1.807) is 0 Å². The summed E-state index contributed by atoms with van der Waals surface area (Å²) in [5.41, 5.74) is 13.9. The Kier molecular flexibility index (Phi) is 15.0. The Morgan fingerprint density at radius 2 is 1.45 bits per heavy atom. The van der Waals surface area contributed by atoms with Crippen LogP contribution >= 0.6 is 0 Å². The van der Waals surface area contributed by atoms with Crippen LogP contribution in [0.5, 0.6) is 17.2 Å². The maximum atomic E-state index is 15.0. The van der Waals surface area contributed by atoms with Gasteiger partial charge in [-0.2, -0.15) is 0 Å². The first-order valence-corrected chi connectivity index (χ1v) is 20.7. The van der Waals surface area contributed by atoms with Crippen LogP contribution in [-0.2, 0) is 35.7 Å². The minimum absolute atomic E-state index is 0.0365. The van der Waals surface area contributed by atoms with Gasteiger partial charge in [-0.1, -0.05) is 139 Å². The highest BCUT2D eigenvalue weighted by molar-refractivity contribution is 6.01. The number of ether oxygens (including phenoxy) is 4. The Bertz CT molecular complexity index is 2470. The van der Waals surface area contributed by atoms with E-state index >= 15 is 0 Å². The van der Waals surface area contributed by atoms with Crippen molar-refractivity contribution in [2.75, 3.05) is 19.8 Å². The van der Waals surface area contributed by atoms with Crippen molar-refractivity contribution in [3.05, 3.63) is 213 Å². The molecule has 0 unspecified atom stereocenters. The smallest absolute Gasteiger partial charge is 0.252 e. The van der Waals surface area contributed by atoms with Crippen LogP contribution in [0.1, 0.15) is 57.9 Å². The first-order chi connectivity index (χ1) is 30.5. The Morgan fingerprint density at radius 1 is 0.790 bits per heavy atom. The van der Waals surface area contributed by atoms with Crippen molar-refractivity contribution in [3.63, 3.8) is 0 Å². The molecule has 6 aromatic carbocycles. The van der Waals surface area contributed by atoms with Crippen LogP contribution in [-0.4, -0.2) is 42.2 Å². The molecule has 11 nitrogen and oxygen atoms in total. The predicted molar refractivity (Wildman–Crippen MR) is 241 cm³/mol. The van der Waals surface area contributed by atoms with Gasteiger partial charge in [0, 0.05) is 36.5 Å². The number of nitrogens with zero attached hydrogens (tertiary/aromatic N) is 4. The van der Waals surface area contributed by atoms with Gasteiger partial charge in [-0.05, 0) is 81.7 Å². The number of amides is 1. The molecule has 0 aliphatic carbocycles. The number of carbonyl (C=O) groups is 1. The second-order valence-corrected chi connectivity index (χ2v) is 14.7. The molecule has 0 saturated carbocycles. The molecule has 0 bridgehead atoms. The van der Waals surface area contributed by atoms with Crippen molar-refractivity contribution < 1.29 is 28.8 Å². The van der Waals surface area contributed by atoms with E-state index in [4.69, 9.17) is 23.9 Å². The van der Waals surface area contributed by atoms with E-state index in [1.807, 2.05) is 170 Å². The Balaban J connectivity index is 1.18. The molecule has 7 rings (SSSR count). The van der Waals surface area contributed by atoms with Gasteiger partial charge in [0.25, 0.3) is 5.91 Å². The van der Waals surface area contributed by atoms with Crippen molar-refractivity contribution in [2.45, 2.75) is 50.7 Å². The Labute approximate surface area is 361 Å². The lowest BCUT2D eigenvalue weighted by Crippen LogP contribution is -2.48. The van der Waals surface area contributed by atoms with E-state index in [0.717, 1.165) is 27.8 Å². The number of nitrogens with one attached hydrogen (secondary N) is 1. The number of hydrogen-bond donors (Lipinski definition) is 2. The monoisotopic (exact) mass is 827 g/mol. The molecule has 62 heavy (non-hydrogen) atoms. The number of carbonyl (C=O) groups excluding carboxylic acids is 1. The van der Waals surface area contributed by atoms with Crippen molar-refractivity contribution >= 4 is 17.9 Å². The van der Waals surface area contributed by atoms with Gasteiger partial charge >= 0.3 is 0 Å². The summed E-state index contributed by atoms with van der Waals surface area (Å²) in [7, 11) is 0. The molecular formula is C51H49N5O6. The molecule has 0 aromatic heterocycles. The van der Waals surface area contributed by atoms with Crippen molar-refractivity contribution in [1.29, 1.82) is 0 Å². The maximum Gasteiger partial charge on any atom is 0.252 e. The highest BCUT2D eigenvalue weighted by atomic mass is 16.5. The number of azide groups is 1. The zero-order valence-corrected chi connectivity index (χ0v) is 34.4. The number of aliphatic hydroxyl groups is 1. The molecule has 1 amide bonds. The number of aliphatic hydroxyl groups excluding tert-OH is 1. The molecule has 1 heterocycles. The highest BCUT2D eigenvalue weighted by Gasteiger charge is 2.53. The van der Waals surface area contributed by atoms with Gasteiger partial charge in [0.05, 0.1) is 13.2 Å². The summed E-state index contributed by atoms with van der Waals surface area (Å²) >= 11 is 0. The first kappa shape index (κ1) is 42.8. The summed E-state index contributed by atoms with van der Waals surface area (Å²) in [5.74, 6) is 1.84. The van der Waals surface area contributed by atoms with Gasteiger partial charge in [-0.3, -0.25) is 4.79 Å². The molecule has 2 N–H and O–H groups in total. The fourth-order valence-corrected chi connectivity index (χ4v) is 7.16. The van der Waals surface area contributed by atoms with E-state index in [1.165, 1.54) is 0 Å². The Morgan fingerprint density at radius 3 is 2.15 bits per heavy atom. The third kappa shape index (κ3) is 11.3. The molecule has 6 aromatic rings. The largest absolute Gasteiger partial charge is 0.494 e. The van der Waals surface area contributed by atoms with Gasteiger partial charge in [0.15, 0.2) is 23.1 Å². The van der Waals surface area contributed by atoms with Crippen LogP contribution in [0.3, 0.4) is 0 Å². The highest BCUT2D eigenvalue weighted by Crippen LogP contribution is 2.44. The normalized spacial score (nSPS) is 15.6. The van der Waals surface area contributed by atoms with E-state index in [2.05, 4.69) is 15.3 Å².